The van der Waals surface area contributed by atoms with Crippen molar-refractivity contribution in [2.24, 2.45) is 5.73 Å². The second-order valence-corrected chi connectivity index (χ2v) is 9.87. The lowest BCUT2D eigenvalue weighted by Gasteiger charge is -2.17. The number of benzene rings is 3. The molecule has 0 saturated heterocycles. The summed E-state index contributed by atoms with van der Waals surface area (Å²) in [6, 6.07) is 18.5. The van der Waals surface area contributed by atoms with Crippen molar-refractivity contribution in [3.63, 3.8) is 0 Å². The molecule has 0 fully saturated rings. The molecule has 8 heteroatoms. The molecule has 0 spiro atoms. The number of rotatable bonds is 4. The van der Waals surface area contributed by atoms with Gasteiger partial charge in [-0.1, -0.05) is 30.3 Å². The molecule has 2 heterocycles. The number of carbonyl (C=O) groups is 2. The number of para-hydroxylation sites is 1. The average molecular weight is 516 g/mol. The van der Waals surface area contributed by atoms with Crippen molar-refractivity contribution in [1.29, 1.82) is 0 Å². The van der Waals surface area contributed by atoms with Gasteiger partial charge in [0.2, 0.25) is 5.91 Å². The Balaban J connectivity index is 1.56. The fraction of sp³-hybridized carbons (Fsp3) is 0.129. The predicted molar refractivity (Wildman–Crippen MR) is 150 cm³/mol. The van der Waals surface area contributed by atoms with Crippen LogP contribution in [-0.2, 0) is 6.42 Å². The highest BCUT2D eigenvalue weighted by atomic mass is 16.2. The van der Waals surface area contributed by atoms with Crippen molar-refractivity contribution >= 4 is 22.7 Å². The van der Waals surface area contributed by atoms with Gasteiger partial charge in [0, 0.05) is 31.4 Å². The Hall–Kier alpha value is -5.11. The average Bonchev–Trinajstić information content (AvgIpc) is 3.31. The maximum absolute atomic E-state index is 13.4. The zero-order valence-electron chi connectivity index (χ0n) is 21.7. The zero-order chi connectivity index (χ0) is 27.4. The molecule has 8 nitrogen and oxygen atoms in total. The van der Waals surface area contributed by atoms with Crippen LogP contribution in [0.2, 0.25) is 0 Å². The van der Waals surface area contributed by atoms with Crippen LogP contribution in [0.15, 0.2) is 78.0 Å². The van der Waals surface area contributed by atoms with Gasteiger partial charge in [-0.3, -0.25) is 23.9 Å². The maximum atomic E-state index is 13.4. The van der Waals surface area contributed by atoms with E-state index in [0.29, 0.717) is 34.3 Å². The highest BCUT2D eigenvalue weighted by Crippen LogP contribution is 2.45. The molecule has 0 unspecified atom stereocenters. The quantitative estimate of drug-likeness (QED) is 0.380. The summed E-state index contributed by atoms with van der Waals surface area (Å²) in [7, 11) is 3.36. The monoisotopic (exact) mass is 515 g/mol. The van der Waals surface area contributed by atoms with Crippen molar-refractivity contribution < 1.29 is 9.59 Å². The van der Waals surface area contributed by atoms with E-state index < -0.39 is 5.91 Å². The van der Waals surface area contributed by atoms with Gasteiger partial charge in [-0.2, -0.15) is 0 Å². The summed E-state index contributed by atoms with van der Waals surface area (Å²) in [5.74, 6) is -0.704. The minimum atomic E-state index is -0.512. The Kier molecular flexibility index (Phi) is 5.61. The van der Waals surface area contributed by atoms with Crippen LogP contribution in [0.4, 0.5) is 0 Å². The Labute approximate surface area is 224 Å². The molecule has 2 amide bonds. The number of primary amides is 1. The molecule has 0 radical (unpaired) electrons. The number of carbonyl (C=O) groups excluding carboxylic acids is 2. The van der Waals surface area contributed by atoms with Gasteiger partial charge in [0.25, 0.3) is 11.5 Å². The lowest BCUT2D eigenvalue weighted by Crippen LogP contribution is -2.22. The van der Waals surface area contributed by atoms with E-state index in [9.17, 15) is 14.4 Å². The second-order valence-electron chi connectivity index (χ2n) is 9.87. The molecule has 5 aromatic rings. The molecular weight excluding hydrogens is 490 g/mol. The third kappa shape index (κ3) is 3.80. The SMILES string of the molecule is Cc1c(-c2ccc(C(N)=O)c3c2-c2cnc(C(=O)N(C)C)cc2C3)cccc1-n1cnc2ccccc2c1=O. The number of nitrogens with zero attached hydrogens (tertiary/aromatic N) is 4. The number of amides is 2. The molecule has 0 bridgehead atoms. The van der Waals surface area contributed by atoms with Crippen LogP contribution in [0.1, 0.15) is 37.5 Å². The fourth-order valence-electron chi connectivity index (χ4n) is 5.42. The lowest BCUT2D eigenvalue weighted by molar-refractivity contribution is 0.0821. The lowest BCUT2D eigenvalue weighted by atomic mass is 9.89. The van der Waals surface area contributed by atoms with Gasteiger partial charge in [0.1, 0.15) is 12.0 Å². The summed E-state index contributed by atoms with van der Waals surface area (Å²) >= 11 is 0. The zero-order valence-corrected chi connectivity index (χ0v) is 21.7. The first-order chi connectivity index (χ1) is 18.8. The van der Waals surface area contributed by atoms with Gasteiger partial charge in [0.05, 0.1) is 16.6 Å². The summed E-state index contributed by atoms with van der Waals surface area (Å²) in [4.78, 5) is 48.7. The summed E-state index contributed by atoms with van der Waals surface area (Å²) in [6.07, 6.45) is 3.71. The van der Waals surface area contributed by atoms with Gasteiger partial charge in [-0.25, -0.2) is 4.98 Å². The van der Waals surface area contributed by atoms with E-state index in [2.05, 4.69) is 9.97 Å². The van der Waals surface area contributed by atoms with E-state index in [0.717, 1.165) is 38.9 Å². The number of nitrogens with two attached hydrogens (primary N) is 1. The minimum Gasteiger partial charge on any atom is -0.366 e. The van der Waals surface area contributed by atoms with E-state index in [-0.39, 0.29) is 11.5 Å². The van der Waals surface area contributed by atoms with Crippen molar-refractivity contribution in [2.45, 2.75) is 13.3 Å². The molecule has 2 N–H and O–H groups in total. The molecule has 0 aliphatic heterocycles. The van der Waals surface area contributed by atoms with E-state index in [1.807, 2.05) is 49.4 Å². The van der Waals surface area contributed by atoms with E-state index in [1.54, 1.807) is 49.4 Å². The van der Waals surface area contributed by atoms with Crippen LogP contribution in [-0.4, -0.2) is 45.3 Å². The van der Waals surface area contributed by atoms with E-state index >= 15 is 0 Å². The summed E-state index contributed by atoms with van der Waals surface area (Å²) in [5.41, 5.74) is 13.9. The van der Waals surface area contributed by atoms with Crippen LogP contribution in [0.25, 0.3) is 38.8 Å². The van der Waals surface area contributed by atoms with Crippen LogP contribution < -0.4 is 11.3 Å². The summed E-state index contributed by atoms with van der Waals surface area (Å²) in [6.45, 7) is 1.97. The highest BCUT2D eigenvalue weighted by molar-refractivity contribution is 6.02. The van der Waals surface area contributed by atoms with Gasteiger partial charge >= 0.3 is 0 Å². The molecule has 0 atom stereocenters. The van der Waals surface area contributed by atoms with Crippen LogP contribution in [0, 0.1) is 6.92 Å². The first kappa shape index (κ1) is 24.2. The van der Waals surface area contributed by atoms with E-state index in [1.165, 1.54) is 4.90 Å². The standard InChI is InChI=1S/C31H25N5O3/c1-17-19(8-6-10-27(17)36-16-34-25-9-5-4-7-22(25)30(36)38)20-11-12-21(29(32)37)23-13-18-14-26(31(39)35(2)3)33-15-24(18)28(20)23/h4-12,14-16H,13H2,1-3H3,(H2,32,37). The van der Waals surface area contributed by atoms with Gasteiger partial charge in [-0.15, -0.1) is 0 Å². The highest BCUT2D eigenvalue weighted by Gasteiger charge is 2.29. The Morgan fingerprint density at radius 3 is 2.51 bits per heavy atom. The first-order valence-electron chi connectivity index (χ1n) is 12.5. The van der Waals surface area contributed by atoms with Gasteiger partial charge < -0.3 is 10.6 Å². The fourth-order valence-corrected chi connectivity index (χ4v) is 5.42. The Morgan fingerprint density at radius 1 is 0.949 bits per heavy atom. The van der Waals surface area contributed by atoms with Gasteiger partial charge in [0.15, 0.2) is 0 Å². The predicted octanol–water partition coefficient (Wildman–Crippen LogP) is 4.13. The van der Waals surface area contributed by atoms with Gasteiger partial charge in [-0.05, 0) is 77.1 Å². The second kappa shape index (κ2) is 9.02. The largest absolute Gasteiger partial charge is 0.366 e. The maximum Gasteiger partial charge on any atom is 0.271 e. The normalized spacial score (nSPS) is 11.8. The van der Waals surface area contributed by atoms with Crippen molar-refractivity contribution in [3.8, 4) is 27.9 Å². The molecule has 1 aliphatic rings. The topological polar surface area (TPSA) is 111 Å². The van der Waals surface area contributed by atoms with Crippen molar-refractivity contribution in [2.75, 3.05) is 14.1 Å². The van der Waals surface area contributed by atoms with Crippen molar-refractivity contribution in [3.05, 3.63) is 111 Å². The third-order valence-corrected chi connectivity index (χ3v) is 7.35. The minimum absolute atomic E-state index is 0.150. The molecule has 6 rings (SSSR count). The Bertz CT molecular complexity index is 1910. The molecule has 3 aromatic carbocycles. The first-order valence-corrected chi connectivity index (χ1v) is 12.5. The number of hydrogen-bond donors (Lipinski definition) is 1. The summed E-state index contributed by atoms with van der Waals surface area (Å²) in [5, 5.41) is 0.541. The van der Waals surface area contributed by atoms with E-state index in [4.69, 9.17) is 5.73 Å². The van der Waals surface area contributed by atoms with Crippen molar-refractivity contribution in [1.82, 2.24) is 19.4 Å². The number of fused-ring (bicyclic) bond motifs is 4. The molecule has 1 aliphatic carbocycles. The molecular formula is C31H25N5O3. The summed E-state index contributed by atoms with van der Waals surface area (Å²) < 4.78 is 1.56. The van der Waals surface area contributed by atoms with Crippen LogP contribution >= 0.6 is 0 Å². The number of aromatic nitrogens is 3. The molecule has 2 aromatic heterocycles. The molecule has 0 saturated carbocycles. The van der Waals surface area contributed by atoms with Crippen LogP contribution in [0.5, 0.6) is 0 Å². The molecule has 192 valence electrons. The third-order valence-electron chi connectivity index (χ3n) is 7.35. The number of hydrogen-bond acceptors (Lipinski definition) is 5. The smallest absolute Gasteiger partial charge is 0.271 e. The van der Waals surface area contributed by atoms with Crippen LogP contribution in [0.3, 0.4) is 0 Å². The number of pyridine rings is 1. The Morgan fingerprint density at radius 2 is 1.74 bits per heavy atom. The molecule has 39 heavy (non-hydrogen) atoms.